The Morgan fingerprint density at radius 3 is 2.62 bits per heavy atom. The van der Waals surface area contributed by atoms with Crippen LogP contribution in [0.1, 0.15) is 25.3 Å². The molecule has 2 nitrogen and oxygen atoms in total. The summed E-state index contributed by atoms with van der Waals surface area (Å²) in [6.45, 7) is 3.74. The number of thioether (sulfide) groups is 1. The van der Waals surface area contributed by atoms with Crippen LogP contribution in [0.5, 0.6) is 5.75 Å². The van der Waals surface area contributed by atoms with Crippen LogP contribution in [-0.4, -0.2) is 18.9 Å². The van der Waals surface area contributed by atoms with E-state index in [1.807, 2.05) is 23.9 Å². The highest BCUT2D eigenvalue weighted by atomic mass is 32.2. The summed E-state index contributed by atoms with van der Waals surface area (Å²) in [5.74, 6) is 3.03. The van der Waals surface area contributed by atoms with E-state index in [1.54, 1.807) is 0 Å². The standard InChI is InChI=1S/C13H21NOS/c1-2-3-9-15-13-6-4-12(5-7-13)11-16-10-8-14/h4-7H,2-3,8-11,14H2,1H3. The van der Waals surface area contributed by atoms with E-state index in [0.29, 0.717) is 0 Å². The van der Waals surface area contributed by atoms with Gasteiger partial charge in [0.05, 0.1) is 6.61 Å². The second kappa shape index (κ2) is 8.48. The lowest BCUT2D eigenvalue weighted by molar-refractivity contribution is 0.309. The molecule has 0 saturated carbocycles. The normalized spacial score (nSPS) is 10.4. The van der Waals surface area contributed by atoms with Gasteiger partial charge < -0.3 is 10.5 Å². The van der Waals surface area contributed by atoms with Gasteiger partial charge in [-0.25, -0.2) is 0 Å². The van der Waals surface area contributed by atoms with E-state index in [0.717, 1.165) is 36.8 Å². The van der Waals surface area contributed by atoms with Crippen LogP contribution in [-0.2, 0) is 5.75 Å². The van der Waals surface area contributed by atoms with Gasteiger partial charge in [-0.1, -0.05) is 25.5 Å². The summed E-state index contributed by atoms with van der Waals surface area (Å²) in [5.41, 5.74) is 6.78. The third-order valence-electron chi connectivity index (χ3n) is 2.22. The summed E-state index contributed by atoms with van der Waals surface area (Å²) in [5, 5.41) is 0. The highest BCUT2D eigenvalue weighted by Crippen LogP contribution is 2.16. The van der Waals surface area contributed by atoms with E-state index < -0.39 is 0 Å². The highest BCUT2D eigenvalue weighted by Gasteiger charge is 1.95. The van der Waals surface area contributed by atoms with Crippen molar-refractivity contribution in [3.63, 3.8) is 0 Å². The Hall–Kier alpha value is -0.670. The van der Waals surface area contributed by atoms with Gasteiger partial charge in [0.2, 0.25) is 0 Å². The van der Waals surface area contributed by atoms with Crippen LogP contribution in [0.15, 0.2) is 24.3 Å². The van der Waals surface area contributed by atoms with Gasteiger partial charge >= 0.3 is 0 Å². The molecular weight excluding hydrogens is 218 g/mol. The molecule has 0 spiro atoms. The summed E-state index contributed by atoms with van der Waals surface area (Å²) < 4.78 is 5.60. The molecule has 0 aliphatic rings. The maximum Gasteiger partial charge on any atom is 0.119 e. The second-order valence-electron chi connectivity index (χ2n) is 3.69. The minimum atomic E-state index is 0.753. The van der Waals surface area contributed by atoms with Gasteiger partial charge in [0.15, 0.2) is 0 Å². The smallest absolute Gasteiger partial charge is 0.119 e. The zero-order chi connectivity index (χ0) is 11.6. The van der Waals surface area contributed by atoms with Crippen LogP contribution in [0.4, 0.5) is 0 Å². The largest absolute Gasteiger partial charge is 0.494 e. The van der Waals surface area contributed by atoms with Crippen LogP contribution in [0.25, 0.3) is 0 Å². The molecule has 0 heterocycles. The maximum absolute atomic E-state index is 5.60. The number of ether oxygens (including phenoxy) is 1. The Labute approximate surface area is 103 Å². The number of nitrogens with two attached hydrogens (primary N) is 1. The first-order valence-electron chi connectivity index (χ1n) is 5.86. The van der Waals surface area contributed by atoms with Gasteiger partial charge in [0.1, 0.15) is 5.75 Å². The van der Waals surface area contributed by atoms with Crippen molar-refractivity contribution in [1.82, 2.24) is 0 Å². The molecule has 0 aliphatic heterocycles. The van der Waals surface area contributed by atoms with Crippen LogP contribution in [0.3, 0.4) is 0 Å². The van der Waals surface area contributed by atoms with Crippen LogP contribution < -0.4 is 10.5 Å². The number of hydrogen-bond donors (Lipinski definition) is 1. The van der Waals surface area contributed by atoms with Crippen molar-refractivity contribution in [2.24, 2.45) is 5.73 Å². The molecule has 0 unspecified atom stereocenters. The molecule has 0 aromatic heterocycles. The van der Waals surface area contributed by atoms with Gasteiger partial charge in [-0.3, -0.25) is 0 Å². The molecule has 1 aromatic carbocycles. The fourth-order valence-electron chi connectivity index (χ4n) is 1.29. The average molecular weight is 239 g/mol. The molecule has 0 atom stereocenters. The lowest BCUT2D eigenvalue weighted by atomic mass is 10.2. The van der Waals surface area contributed by atoms with Gasteiger partial charge in [-0.2, -0.15) is 11.8 Å². The molecule has 0 bridgehead atoms. The molecule has 3 heteroatoms. The first-order valence-corrected chi connectivity index (χ1v) is 7.02. The molecule has 0 radical (unpaired) electrons. The molecule has 0 fully saturated rings. The summed E-state index contributed by atoms with van der Waals surface area (Å²) in [6, 6.07) is 8.36. The van der Waals surface area contributed by atoms with Crippen molar-refractivity contribution >= 4 is 11.8 Å². The Balaban J connectivity index is 2.30. The second-order valence-corrected chi connectivity index (χ2v) is 4.79. The molecule has 16 heavy (non-hydrogen) atoms. The molecule has 0 amide bonds. The fourth-order valence-corrected chi connectivity index (χ4v) is 2.03. The third-order valence-corrected chi connectivity index (χ3v) is 3.28. The Bertz CT molecular complexity index is 245. The fraction of sp³-hybridized carbons (Fsp3) is 0.538. The molecule has 2 N–H and O–H groups in total. The molecular formula is C13H21NOS. The average Bonchev–Trinajstić information content (AvgIpc) is 2.32. The predicted octanol–water partition coefficient (Wildman–Crippen LogP) is 3.06. The van der Waals surface area contributed by atoms with E-state index in [-0.39, 0.29) is 0 Å². The van der Waals surface area contributed by atoms with E-state index in [9.17, 15) is 0 Å². The Morgan fingerprint density at radius 1 is 1.25 bits per heavy atom. The number of rotatable bonds is 8. The van der Waals surface area contributed by atoms with Crippen molar-refractivity contribution in [2.45, 2.75) is 25.5 Å². The predicted molar refractivity (Wildman–Crippen MR) is 72.1 cm³/mol. The molecule has 0 aliphatic carbocycles. The van der Waals surface area contributed by atoms with E-state index in [1.165, 1.54) is 12.0 Å². The van der Waals surface area contributed by atoms with Crippen LogP contribution in [0.2, 0.25) is 0 Å². The minimum Gasteiger partial charge on any atom is -0.494 e. The maximum atomic E-state index is 5.60. The number of benzene rings is 1. The monoisotopic (exact) mass is 239 g/mol. The summed E-state index contributed by atoms with van der Waals surface area (Å²) >= 11 is 1.87. The van der Waals surface area contributed by atoms with Crippen LogP contribution in [0, 0.1) is 0 Å². The minimum absolute atomic E-state index is 0.753. The van der Waals surface area contributed by atoms with Gasteiger partial charge in [-0.15, -0.1) is 0 Å². The van der Waals surface area contributed by atoms with Crippen molar-refractivity contribution in [1.29, 1.82) is 0 Å². The number of hydrogen-bond acceptors (Lipinski definition) is 3. The molecule has 1 aromatic rings. The zero-order valence-electron chi connectivity index (χ0n) is 9.95. The first-order chi connectivity index (χ1) is 7.86. The number of unbranched alkanes of at least 4 members (excludes halogenated alkanes) is 1. The quantitative estimate of drug-likeness (QED) is 0.708. The highest BCUT2D eigenvalue weighted by molar-refractivity contribution is 7.98. The SMILES string of the molecule is CCCCOc1ccc(CSCCN)cc1. The molecule has 1 rings (SSSR count). The zero-order valence-corrected chi connectivity index (χ0v) is 10.8. The summed E-state index contributed by atoms with van der Waals surface area (Å²) in [4.78, 5) is 0. The molecule has 90 valence electrons. The van der Waals surface area contributed by atoms with Gasteiger partial charge in [0, 0.05) is 18.1 Å². The van der Waals surface area contributed by atoms with Gasteiger partial charge in [-0.05, 0) is 24.1 Å². The first kappa shape index (κ1) is 13.4. The van der Waals surface area contributed by atoms with Crippen molar-refractivity contribution in [2.75, 3.05) is 18.9 Å². The topological polar surface area (TPSA) is 35.2 Å². The van der Waals surface area contributed by atoms with Crippen molar-refractivity contribution in [3.8, 4) is 5.75 Å². The summed E-state index contributed by atoms with van der Waals surface area (Å²) in [6.07, 6.45) is 2.29. The molecule has 0 saturated heterocycles. The lowest BCUT2D eigenvalue weighted by Gasteiger charge is -2.06. The Kier molecular flexibility index (Phi) is 7.10. The van der Waals surface area contributed by atoms with E-state index >= 15 is 0 Å². The van der Waals surface area contributed by atoms with Gasteiger partial charge in [0.25, 0.3) is 0 Å². The van der Waals surface area contributed by atoms with E-state index in [4.69, 9.17) is 10.5 Å². The Morgan fingerprint density at radius 2 is 2.00 bits per heavy atom. The van der Waals surface area contributed by atoms with Crippen LogP contribution >= 0.6 is 11.8 Å². The third kappa shape index (κ3) is 5.42. The summed E-state index contributed by atoms with van der Waals surface area (Å²) in [7, 11) is 0. The van der Waals surface area contributed by atoms with E-state index in [2.05, 4.69) is 19.1 Å². The van der Waals surface area contributed by atoms with Crippen molar-refractivity contribution < 1.29 is 4.74 Å². The lowest BCUT2D eigenvalue weighted by Crippen LogP contribution is -2.01. The van der Waals surface area contributed by atoms with Crippen molar-refractivity contribution in [3.05, 3.63) is 29.8 Å².